The van der Waals surface area contributed by atoms with Crippen LogP contribution >= 0.6 is 11.3 Å². The summed E-state index contributed by atoms with van der Waals surface area (Å²) in [5.74, 6) is -1.01. The van der Waals surface area contributed by atoms with Crippen molar-refractivity contribution in [3.63, 3.8) is 0 Å². The fraction of sp³-hybridized carbons (Fsp3) is 0.348. The van der Waals surface area contributed by atoms with Crippen LogP contribution in [0.15, 0.2) is 41.8 Å². The first-order valence-corrected chi connectivity index (χ1v) is 11.5. The molecular weight excluding hydrogens is 460 g/mol. The zero-order valence-electron chi connectivity index (χ0n) is 19.0. The second kappa shape index (κ2) is 13.7. The standard InChI is InChI=1S/C23H28N4O6S/c1-16(2)21(25-15-29)22(31)24-12-20(30)26-18-7-5-17(6-8-18)14-33-23(32)27(9-10-28)13-19-4-3-11-34-19/h3-8,10-11,15-16,21H,9,12-14H2,1-2H3,(H,24,31)(H,25,29)(H,26,30). The van der Waals surface area contributed by atoms with Crippen molar-refractivity contribution >= 4 is 47.6 Å². The Bertz CT molecular complexity index is 962. The lowest BCUT2D eigenvalue weighted by atomic mass is 10.0. The first-order valence-electron chi connectivity index (χ1n) is 10.6. The lowest BCUT2D eigenvalue weighted by Crippen LogP contribution is -2.48. The number of amides is 4. The summed E-state index contributed by atoms with van der Waals surface area (Å²) in [6.45, 7) is 3.54. The third kappa shape index (κ3) is 8.66. The van der Waals surface area contributed by atoms with E-state index in [4.69, 9.17) is 4.74 Å². The minimum atomic E-state index is -0.722. The van der Waals surface area contributed by atoms with Gasteiger partial charge in [0.1, 0.15) is 18.9 Å². The summed E-state index contributed by atoms with van der Waals surface area (Å²) < 4.78 is 5.31. The lowest BCUT2D eigenvalue weighted by molar-refractivity contribution is -0.128. The number of aldehydes is 1. The van der Waals surface area contributed by atoms with E-state index in [0.29, 0.717) is 30.5 Å². The molecule has 0 saturated heterocycles. The second-order valence-electron chi connectivity index (χ2n) is 7.65. The minimum Gasteiger partial charge on any atom is -0.445 e. The third-order valence-electron chi connectivity index (χ3n) is 4.70. The summed E-state index contributed by atoms with van der Waals surface area (Å²) in [6, 6.07) is 9.68. The van der Waals surface area contributed by atoms with Crippen molar-refractivity contribution < 1.29 is 28.7 Å². The Morgan fingerprint density at radius 1 is 1.12 bits per heavy atom. The van der Waals surface area contributed by atoms with Gasteiger partial charge in [-0.2, -0.15) is 0 Å². The van der Waals surface area contributed by atoms with Crippen LogP contribution in [0.3, 0.4) is 0 Å². The van der Waals surface area contributed by atoms with E-state index in [-0.39, 0.29) is 25.6 Å². The number of nitrogens with zero attached hydrogens (tertiary/aromatic N) is 1. The number of rotatable bonds is 13. The largest absolute Gasteiger partial charge is 0.445 e. The molecule has 0 saturated carbocycles. The molecule has 0 fully saturated rings. The Labute approximate surface area is 201 Å². The molecule has 1 aromatic carbocycles. The average Bonchev–Trinajstić information content (AvgIpc) is 3.33. The van der Waals surface area contributed by atoms with Gasteiger partial charge in [0.25, 0.3) is 0 Å². The van der Waals surface area contributed by atoms with Gasteiger partial charge >= 0.3 is 6.09 Å². The predicted octanol–water partition coefficient (Wildman–Crippen LogP) is 1.91. The van der Waals surface area contributed by atoms with Gasteiger partial charge in [-0.25, -0.2) is 4.79 Å². The molecule has 0 radical (unpaired) electrons. The van der Waals surface area contributed by atoms with Crippen LogP contribution in [0.25, 0.3) is 0 Å². The summed E-state index contributed by atoms with van der Waals surface area (Å²) in [4.78, 5) is 60.3. The number of carbonyl (C=O) groups is 5. The number of hydrogen-bond acceptors (Lipinski definition) is 7. The molecular formula is C23H28N4O6S. The Balaban J connectivity index is 1.81. The normalized spacial score (nSPS) is 11.3. The second-order valence-corrected chi connectivity index (χ2v) is 8.68. The number of thiophene rings is 1. The van der Waals surface area contributed by atoms with E-state index in [1.54, 1.807) is 38.1 Å². The van der Waals surface area contributed by atoms with E-state index in [1.165, 1.54) is 16.2 Å². The number of benzene rings is 1. The molecule has 2 rings (SSSR count). The lowest BCUT2D eigenvalue weighted by Gasteiger charge is -2.19. The third-order valence-corrected chi connectivity index (χ3v) is 5.56. The van der Waals surface area contributed by atoms with E-state index in [1.807, 2.05) is 17.5 Å². The SMILES string of the molecule is CC(C)C(NC=O)C(=O)NCC(=O)Nc1ccc(COC(=O)N(CC=O)Cc2cccs2)cc1. The fourth-order valence-electron chi connectivity index (χ4n) is 2.93. The zero-order valence-corrected chi connectivity index (χ0v) is 19.8. The molecule has 0 aliphatic rings. The van der Waals surface area contributed by atoms with Gasteiger partial charge in [0.15, 0.2) is 0 Å². The molecule has 1 heterocycles. The molecule has 1 atom stereocenters. The van der Waals surface area contributed by atoms with Crippen LogP contribution in [0.5, 0.6) is 0 Å². The summed E-state index contributed by atoms with van der Waals surface area (Å²) in [7, 11) is 0. The fourth-order valence-corrected chi connectivity index (χ4v) is 3.65. The number of hydrogen-bond donors (Lipinski definition) is 3. The van der Waals surface area contributed by atoms with Crippen LogP contribution in [-0.4, -0.2) is 54.6 Å². The van der Waals surface area contributed by atoms with Gasteiger partial charge in [0, 0.05) is 10.6 Å². The first kappa shape index (κ1) is 26.5. The summed E-state index contributed by atoms with van der Waals surface area (Å²) in [6.07, 6.45) is 0.501. The van der Waals surface area contributed by atoms with Gasteiger partial charge in [-0.15, -0.1) is 11.3 Å². The van der Waals surface area contributed by atoms with E-state index in [2.05, 4.69) is 16.0 Å². The van der Waals surface area contributed by atoms with Crippen LogP contribution in [0, 0.1) is 5.92 Å². The monoisotopic (exact) mass is 488 g/mol. The Kier molecular flexibility index (Phi) is 10.7. The molecule has 34 heavy (non-hydrogen) atoms. The molecule has 1 unspecified atom stereocenters. The highest BCUT2D eigenvalue weighted by Gasteiger charge is 2.21. The van der Waals surface area contributed by atoms with Gasteiger partial charge in [-0.3, -0.25) is 19.3 Å². The topological polar surface area (TPSA) is 134 Å². The van der Waals surface area contributed by atoms with Gasteiger partial charge in [-0.1, -0.05) is 32.0 Å². The van der Waals surface area contributed by atoms with Crippen molar-refractivity contribution in [3.8, 4) is 0 Å². The number of nitrogens with one attached hydrogen (secondary N) is 3. The molecule has 0 aliphatic heterocycles. The van der Waals surface area contributed by atoms with Crippen molar-refractivity contribution in [2.24, 2.45) is 5.92 Å². The van der Waals surface area contributed by atoms with Crippen molar-refractivity contribution in [1.29, 1.82) is 0 Å². The van der Waals surface area contributed by atoms with Crippen molar-refractivity contribution in [2.45, 2.75) is 33.0 Å². The summed E-state index contributed by atoms with van der Waals surface area (Å²) in [5.41, 5.74) is 1.20. The van der Waals surface area contributed by atoms with Crippen molar-refractivity contribution in [2.75, 3.05) is 18.4 Å². The van der Waals surface area contributed by atoms with Crippen LogP contribution in [-0.2, 0) is 37.1 Å². The van der Waals surface area contributed by atoms with E-state index in [9.17, 15) is 24.0 Å². The smallest absolute Gasteiger partial charge is 0.410 e. The van der Waals surface area contributed by atoms with Gasteiger partial charge in [0.2, 0.25) is 18.2 Å². The molecule has 11 heteroatoms. The van der Waals surface area contributed by atoms with E-state index in [0.717, 1.165) is 4.88 Å². The Morgan fingerprint density at radius 2 is 1.85 bits per heavy atom. The molecule has 0 aliphatic carbocycles. The molecule has 3 N–H and O–H groups in total. The number of anilines is 1. The van der Waals surface area contributed by atoms with E-state index >= 15 is 0 Å². The highest BCUT2D eigenvalue weighted by atomic mass is 32.1. The molecule has 2 aromatic rings. The average molecular weight is 489 g/mol. The molecule has 0 spiro atoms. The van der Waals surface area contributed by atoms with Crippen LogP contribution in [0.1, 0.15) is 24.3 Å². The maximum Gasteiger partial charge on any atom is 0.410 e. The van der Waals surface area contributed by atoms with Crippen molar-refractivity contribution in [1.82, 2.24) is 15.5 Å². The van der Waals surface area contributed by atoms with Crippen LogP contribution in [0.4, 0.5) is 10.5 Å². The van der Waals surface area contributed by atoms with Crippen LogP contribution < -0.4 is 16.0 Å². The highest BCUT2D eigenvalue weighted by molar-refractivity contribution is 7.09. The highest BCUT2D eigenvalue weighted by Crippen LogP contribution is 2.14. The van der Waals surface area contributed by atoms with Crippen molar-refractivity contribution in [3.05, 3.63) is 52.2 Å². The molecule has 10 nitrogen and oxygen atoms in total. The molecule has 4 amide bonds. The summed E-state index contributed by atoms with van der Waals surface area (Å²) in [5, 5.41) is 9.46. The van der Waals surface area contributed by atoms with E-state index < -0.39 is 23.9 Å². The maximum absolute atomic E-state index is 12.3. The van der Waals surface area contributed by atoms with Gasteiger partial charge in [-0.05, 0) is 35.1 Å². The molecule has 0 bridgehead atoms. The maximum atomic E-state index is 12.3. The quantitative estimate of drug-likeness (QED) is 0.369. The first-order chi connectivity index (χ1) is 16.3. The predicted molar refractivity (Wildman–Crippen MR) is 127 cm³/mol. The Hall–Kier alpha value is -3.73. The number of ether oxygens (including phenoxy) is 1. The molecule has 1 aromatic heterocycles. The minimum absolute atomic E-state index is 0.00321. The van der Waals surface area contributed by atoms with Gasteiger partial charge in [0.05, 0.1) is 19.6 Å². The zero-order chi connectivity index (χ0) is 24.9. The summed E-state index contributed by atoms with van der Waals surface area (Å²) >= 11 is 1.48. The number of carbonyl (C=O) groups excluding carboxylic acids is 5. The Morgan fingerprint density at radius 3 is 2.44 bits per heavy atom. The molecule has 182 valence electrons. The van der Waals surface area contributed by atoms with Gasteiger partial charge < -0.3 is 25.5 Å². The van der Waals surface area contributed by atoms with Crippen LogP contribution in [0.2, 0.25) is 0 Å².